The Morgan fingerprint density at radius 1 is 1.27 bits per heavy atom. The molecule has 1 N–H and O–H groups in total. The lowest BCUT2D eigenvalue weighted by Crippen LogP contribution is -2.11. The Morgan fingerprint density at radius 2 is 2.15 bits per heavy atom. The maximum absolute atomic E-state index is 12.3. The molecule has 1 atom stereocenters. The van der Waals surface area contributed by atoms with Crippen LogP contribution in [0.1, 0.15) is 24.5 Å². The van der Waals surface area contributed by atoms with Crippen LogP contribution in [0, 0.1) is 0 Å². The second kappa shape index (κ2) is 6.79. The number of nitrogens with one attached hydrogen (secondary N) is 1. The summed E-state index contributed by atoms with van der Waals surface area (Å²) in [5.41, 5.74) is 2.61. The number of aromatic nitrogens is 4. The summed E-state index contributed by atoms with van der Waals surface area (Å²) in [4.78, 5) is 23.7. The topological polar surface area (TPSA) is 93.9 Å². The Bertz CT molecular complexity index is 1040. The number of H-pyrrole nitrogens is 1. The highest BCUT2D eigenvalue weighted by Gasteiger charge is 2.20. The number of aromatic amines is 1. The molecule has 26 heavy (non-hydrogen) atoms. The lowest BCUT2D eigenvalue weighted by molar-refractivity contribution is -0.148. The number of hydrogen-bond acceptors (Lipinski definition) is 6. The summed E-state index contributed by atoms with van der Waals surface area (Å²) in [7, 11) is 0. The first-order chi connectivity index (χ1) is 12.7. The van der Waals surface area contributed by atoms with E-state index in [1.54, 1.807) is 25.4 Å². The smallest absolute Gasteiger partial charge is 0.311 e. The fourth-order valence-corrected chi connectivity index (χ4v) is 2.74. The highest BCUT2D eigenvalue weighted by Crippen LogP contribution is 2.22. The minimum absolute atomic E-state index is 0.165. The van der Waals surface area contributed by atoms with Gasteiger partial charge in [-0.05, 0) is 30.7 Å². The van der Waals surface area contributed by atoms with Crippen molar-refractivity contribution in [3.05, 3.63) is 66.4 Å². The van der Waals surface area contributed by atoms with Gasteiger partial charge in [0.05, 0.1) is 6.42 Å². The molecule has 0 aliphatic heterocycles. The molecule has 0 spiro atoms. The SMILES string of the molecule is CC(OC(=O)Cc1c[nH]c2ccccc12)c1nc(-c2cccnc2)no1. The minimum atomic E-state index is -0.634. The molecule has 7 heteroatoms. The van der Waals surface area contributed by atoms with Crippen molar-refractivity contribution >= 4 is 16.9 Å². The van der Waals surface area contributed by atoms with Gasteiger partial charge in [-0.25, -0.2) is 0 Å². The van der Waals surface area contributed by atoms with Gasteiger partial charge in [-0.3, -0.25) is 9.78 Å². The molecule has 130 valence electrons. The molecule has 4 aromatic rings. The van der Waals surface area contributed by atoms with Crippen molar-refractivity contribution in [3.63, 3.8) is 0 Å². The van der Waals surface area contributed by atoms with Gasteiger partial charge >= 0.3 is 5.97 Å². The van der Waals surface area contributed by atoms with E-state index < -0.39 is 6.10 Å². The average Bonchev–Trinajstić information content (AvgIpc) is 3.30. The summed E-state index contributed by atoms with van der Waals surface area (Å²) < 4.78 is 10.7. The summed E-state index contributed by atoms with van der Waals surface area (Å²) in [5, 5.41) is 4.92. The highest BCUT2D eigenvalue weighted by atomic mass is 16.6. The van der Waals surface area contributed by atoms with Crippen LogP contribution >= 0.6 is 0 Å². The van der Waals surface area contributed by atoms with Crippen molar-refractivity contribution in [2.24, 2.45) is 0 Å². The second-order valence-electron chi connectivity index (χ2n) is 5.87. The van der Waals surface area contributed by atoms with Gasteiger partial charge in [0.25, 0.3) is 5.89 Å². The average molecular weight is 348 g/mol. The maximum atomic E-state index is 12.3. The van der Waals surface area contributed by atoms with Gasteiger partial charge in [0.2, 0.25) is 5.82 Å². The Kier molecular flexibility index (Phi) is 4.18. The Labute approximate surface area is 149 Å². The van der Waals surface area contributed by atoms with Gasteiger partial charge in [0.15, 0.2) is 6.10 Å². The fraction of sp³-hybridized carbons (Fsp3) is 0.158. The molecule has 0 saturated carbocycles. The summed E-state index contributed by atoms with van der Waals surface area (Å²) in [6.07, 6.45) is 4.66. The van der Waals surface area contributed by atoms with E-state index in [4.69, 9.17) is 9.26 Å². The second-order valence-corrected chi connectivity index (χ2v) is 5.87. The highest BCUT2D eigenvalue weighted by molar-refractivity contribution is 5.87. The Balaban J connectivity index is 1.44. The molecule has 0 saturated heterocycles. The summed E-state index contributed by atoms with van der Waals surface area (Å²) in [5.74, 6) is 0.298. The molecule has 0 aliphatic rings. The van der Waals surface area contributed by atoms with Crippen molar-refractivity contribution in [1.29, 1.82) is 0 Å². The first kappa shape index (κ1) is 16.0. The Hall–Kier alpha value is -3.48. The summed E-state index contributed by atoms with van der Waals surface area (Å²) in [6, 6.07) is 11.4. The number of rotatable bonds is 5. The lowest BCUT2D eigenvalue weighted by atomic mass is 10.1. The number of nitrogens with zero attached hydrogens (tertiary/aromatic N) is 3. The molecule has 0 radical (unpaired) electrons. The normalized spacial score (nSPS) is 12.2. The van der Waals surface area contributed by atoms with Crippen LogP contribution in [0.25, 0.3) is 22.3 Å². The van der Waals surface area contributed by atoms with Crippen molar-refractivity contribution in [1.82, 2.24) is 20.1 Å². The van der Waals surface area contributed by atoms with Gasteiger partial charge in [-0.1, -0.05) is 23.4 Å². The first-order valence-corrected chi connectivity index (χ1v) is 8.19. The molecule has 0 amide bonds. The van der Waals surface area contributed by atoms with E-state index in [2.05, 4.69) is 20.1 Å². The van der Waals surface area contributed by atoms with Crippen LogP contribution in [0.3, 0.4) is 0 Å². The third kappa shape index (κ3) is 3.19. The first-order valence-electron chi connectivity index (χ1n) is 8.19. The zero-order chi connectivity index (χ0) is 17.9. The fourth-order valence-electron chi connectivity index (χ4n) is 2.74. The minimum Gasteiger partial charge on any atom is -0.452 e. The molecule has 7 nitrogen and oxygen atoms in total. The van der Waals surface area contributed by atoms with E-state index >= 15 is 0 Å². The van der Waals surface area contributed by atoms with Gasteiger partial charge < -0.3 is 14.2 Å². The number of pyridine rings is 1. The number of ether oxygens (including phenoxy) is 1. The van der Waals surface area contributed by atoms with Crippen LogP contribution in [0.5, 0.6) is 0 Å². The standard InChI is InChI=1S/C19H16N4O3/c1-12(19-22-18(23-26-19)13-5-4-8-20-10-13)25-17(24)9-14-11-21-16-7-3-2-6-15(14)16/h2-8,10-12,21H,9H2,1H3. The largest absolute Gasteiger partial charge is 0.452 e. The van der Waals surface area contributed by atoms with Crippen molar-refractivity contribution in [3.8, 4) is 11.4 Å². The van der Waals surface area contributed by atoms with Gasteiger partial charge in [-0.15, -0.1) is 0 Å². The third-order valence-corrected chi connectivity index (χ3v) is 4.03. The summed E-state index contributed by atoms with van der Waals surface area (Å²) >= 11 is 0. The van der Waals surface area contributed by atoms with Crippen LogP contribution in [0.2, 0.25) is 0 Å². The van der Waals surface area contributed by atoms with E-state index in [9.17, 15) is 4.79 Å². The van der Waals surface area contributed by atoms with Crippen molar-refractivity contribution < 1.29 is 14.1 Å². The monoisotopic (exact) mass is 348 g/mol. The predicted octanol–water partition coefficient (Wildman–Crippen LogP) is 3.46. The Morgan fingerprint density at radius 3 is 3.00 bits per heavy atom. The number of para-hydroxylation sites is 1. The molecule has 3 aromatic heterocycles. The number of benzene rings is 1. The van der Waals surface area contributed by atoms with E-state index in [0.29, 0.717) is 5.82 Å². The molecule has 0 aliphatic carbocycles. The van der Waals surface area contributed by atoms with E-state index in [1.165, 1.54) is 0 Å². The zero-order valence-corrected chi connectivity index (χ0v) is 14.0. The summed E-state index contributed by atoms with van der Waals surface area (Å²) in [6.45, 7) is 1.70. The number of carbonyl (C=O) groups excluding carboxylic acids is 1. The number of hydrogen-bond donors (Lipinski definition) is 1. The van der Waals surface area contributed by atoms with Crippen LogP contribution in [-0.2, 0) is 16.0 Å². The molecule has 0 bridgehead atoms. The van der Waals surface area contributed by atoms with Gasteiger partial charge in [-0.2, -0.15) is 4.98 Å². The molecule has 1 unspecified atom stereocenters. The molecule has 3 heterocycles. The number of carbonyl (C=O) groups is 1. The number of fused-ring (bicyclic) bond motifs is 1. The maximum Gasteiger partial charge on any atom is 0.311 e. The van der Waals surface area contributed by atoms with Crippen molar-refractivity contribution in [2.45, 2.75) is 19.4 Å². The van der Waals surface area contributed by atoms with Gasteiger partial charge in [0.1, 0.15) is 0 Å². The predicted molar refractivity (Wildman–Crippen MR) is 94.0 cm³/mol. The molecule has 4 rings (SSSR count). The molecule has 1 aromatic carbocycles. The van der Waals surface area contributed by atoms with Crippen molar-refractivity contribution in [2.75, 3.05) is 0 Å². The number of esters is 1. The zero-order valence-electron chi connectivity index (χ0n) is 14.0. The van der Waals surface area contributed by atoms with Crippen LogP contribution in [0.4, 0.5) is 0 Å². The molecular weight excluding hydrogens is 332 g/mol. The van der Waals surface area contributed by atoms with Crippen LogP contribution in [0.15, 0.2) is 59.5 Å². The van der Waals surface area contributed by atoms with Gasteiger partial charge in [0, 0.05) is 35.1 Å². The van der Waals surface area contributed by atoms with E-state index in [1.807, 2.05) is 36.5 Å². The van der Waals surface area contributed by atoms with E-state index in [-0.39, 0.29) is 18.3 Å². The third-order valence-electron chi connectivity index (χ3n) is 4.03. The van der Waals surface area contributed by atoms with Crippen LogP contribution in [-0.4, -0.2) is 26.1 Å². The molecule has 0 fully saturated rings. The van der Waals surface area contributed by atoms with Crippen LogP contribution < -0.4 is 0 Å². The quantitative estimate of drug-likeness (QED) is 0.555. The molecular formula is C19H16N4O3. The van der Waals surface area contributed by atoms with E-state index in [0.717, 1.165) is 22.0 Å². The lowest BCUT2D eigenvalue weighted by Gasteiger charge is -2.08.